The van der Waals surface area contributed by atoms with Crippen molar-refractivity contribution in [2.75, 3.05) is 19.0 Å². The molecule has 1 aromatic heterocycles. The zero-order valence-corrected chi connectivity index (χ0v) is 19.2. The van der Waals surface area contributed by atoms with Crippen molar-refractivity contribution in [2.45, 2.75) is 33.3 Å². The third-order valence-corrected chi connectivity index (χ3v) is 5.60. The third-order valence-electron chi connectivity index (χ3n) is 3.38. The van der Waals surface area contributed by atoms with Crippen LogP contribution >= 0.6 is 27.3 Å². The Labute approximate surface area is 181 Å². The van der Waals surface area contributed by atoms with Gasteiger partial charge in [-0.05, 0) is 54.4 Å². The van der Waals surface area contributed by atoms with Gasteiger partial charge in [0.05, 0.1) is 16.5 Å². The van der Waals surface area contributed by atoms with Crippen LogP contribution in [-0.2, 0) is 19.1 Å². The van der Waals surface area contributed by atoms with Gasteiger partial charge in [0.25, 0.3) is 0 Å². The molecule has 1 amide bonds. The number of esters is 2. The topological polar surface area (TPSA) is 90.9 Å². The maximum absolute atomic E-state index is 12.2. The number of carbonyl (C=O) groups excluding carboxylic acids is 3. The van der Waals surface area contributed by atoms with Crippen molar-refractivity contribution in [2.24, 2.45) is 0 Å². The number of methoxy groups -OCH3 is 1. The van der Waals surface area contributed by atoms with Crippen LogP contribution in [-0.4, -0.2) is 37.2 Å². The molecule has 0 spiro atoms. The van der Waals surface area contributed by atoms with Gasteiger partial charge in [-0.3, -0.25) is 4.79 Å². The smallest absolute Gasteiger partial charge is 0.351 e. The number of rotatable bonds is 6. The van der Waals surface area contributed by atoms with E-state index in [0.29, 0.717) is 15.0 Å². The number of nitrogens with one attached hydrogen (secondary N) is 1. The number of benzene rings is 1. The molecule has 0 atom stereocenters. The molecule has 1 heterocycles. The highest BCUT2D eigenvalue weighted by molar-refractivity contribution is 9.10. The van der Waals surface area contributed by atoms with E-state index in [1.165, 1.54) is 14.0 Å². The number of amides is 1. The zero-order chi connectivity index (χ0) is 21.8. The summed E-state index contributed by atoms with van der Waals surface area (Å²) in [7, 11) is 1.27. The molecular weight excluding hydrogens is 462 g/mol. The molecular formula is C20H22BrNO6S. The Bertz CT molecular complexity index is 932. The lowest BCUT2D eigenvalue weighted by Gasteiger charge is -2.19. The van der Waals surface area contributed by atoms with Gasteiger partial charge in [-0.15, -0.1) is 11.3 Å². The van der Waals surface area contributed by atoms with Gasteiger partial charge in [-0.1, -0.05) is 12.1 Å². The van der Waals surface area contributed by atoms with E-state index in [4.69, 9.17) is 14.2 Å². The fraction of sp³-hybridized carbons (Fsp3) is 0.350. The molecule has 0 aliphatic heterocycles. The van der Waals surface area contributed by atoms with Crippen molar-refractivity contribution in [3.63, 3.8) is 0 Å². The molecule has 2 rings (SSSR count). The van der Waals surface area contributed by atoms with Crippen LogP contribution in [0.2, 0.25) is 0 Å². The Morgan fingerprint density at radius 3 is 2.48 bits per heavy atom. The molecule has 9 heteroatoms. The summed E-state index contributed by atoms with van der Waals surface area (Å²) in [5.74, 6) is -1.13. The van der Waals surface area contributed by atoms with Gasteiger partial charge in [0.2, 0.25) is 5.91 Å². The lowest BCUT2D eigenvalue weighted by Crippen LogP contribution is -2.27. The second-order valence-corrected chi connectivity index (χ2v) is 8.85. The second kappa shape index (κ2) is 9.41. The van der Waals surface area contributed by atoms with Crippen LogP contribution < -0.4 is 10.1 Å². The average molecular weight is 484 g/mol. The molecule has 0 aliphatic rings. The molecule has 0 radical (unpaired) electrons. The van der Waals surface area contributed by atoms with Crippen LogP contribution in [0.1, 0.15) is 37.4 Å². The molecule has 0 fully saturated rings. The van der Waals surface area contributed by atoms with Crippen LogP contribution in [0, 0.1) is 0 Å². The summed E-state index contributed by atoms with van der Waals surface area (Å²) in [4.78, 5) is 36.5. The Morgan fingerprint density at radius 2 is 1.90 bits per heavy atom. The van der Waals surface area contributed by atoms with E-state index in [2.05, 4.69) is 21.2 Å². The van der Waals surface area contributed by atoms with E-state index in [0.717, 1.165) is 16.9 Å². The van der Waals surface area contributed by atoms with E-state index in [-0.39, 0.29) is 23.1 Å². The number of thiophene rings is 1. The highest BCUT2D eigenvalue weighted by Crippen LogP contribution is 2.46. The highest BCUT2D eigenvalue weighted by atomic mass is 79.9. The Kier molecular flexibility index (Phi) is 7.43. The van der Waals surface area contributed by atoms with E-state index in [1.807, 2.05) is 6.07 Å². The van der Waals surface area contributed by atoms with Crippen molar-refractivity contribution in [1.29, 1.82) is 0 Å². The first-order chi connectivity index (χ1) is 13.5. The molecule has 156 valence electrons. The van der Waals surface area contributed by atoms with Crippen LogP contribution in [0.25, 0.3) is 10.4 Å². The van der Waals surface area contributed by atoms with Crippen molar-refractivity contribution >= 4 is 50.8 Å². The number of hydrogen-bond acceptors (Lipinski definition) is 7. The number of ether oxygens (including phenoxy) is 3. The highest BCUT2D eigenvalue weighted by Gasteiger charge is 2.26. The van der Waals surface area contributed by atoms with Crippen LogP contribution in [0.5, 0.6) is 5.75 Å². The predicted octanol–water partition coefficient (Wildman–Crippen LogP) is 4.64. The summed E-state index contributed by atoms with van der Waals surface area (Å²) in [5.41, 5.74) is 0.726. The minimum atomic E-state index is -0.646. The predicted molar refractivity (Wildman–Crippen MR) is 114 cm³/mol. The first-order valence-corrected chi connectivity index (χ1v) is 10.3. The maximum atomic E-state index is 12.2. The van der Waals surface area contributed by atoms with Crippen molar-refractivity contribution in [3.05, 3.63) is 33.6 Å². The van der Waals surface area contributed by atoms with Crippen LogP contribution in [0.15, 0.2) is 28.7 Å². The Balaban J connectivity index is 2.37. The van der Waals surface area contributed by atoms with E-state index in [1.54, 1.807) is 39.0 Å². The lowest BCUT2D eigenvalue weighted by atomic mass is 10.1. The van der Waals surface area contributed by atoms with Gasteiger partial charge >= 0.3 is 11.9 Å². The summed E-state index contributed by atoms with van der Waals surface area (Å²) in [6, 6.07) is 7.15. The second-order valence-electron chi connectivity index (χ2n) is 7.03. The first kappa shape index (κ1) is 22.9. The summed E-state index contributed by atoms with van der Waals surface area (Å²) in [6.45, 7) is 6.33. The first-order valence-electron chi connectivity index (χ1n) is 8.65. The molecule has 0 unspecified atom stereocenters. The number of anilines is 1. The number of halogens is 1. The number of carbonyl (C=O) groups is 3. The van der Waals surface area contributed by atoms with Crippen molar-refractivity contribution in [1.82, 2.24) is 0 Å². The molecule has 7 nitrogen and oxygen atoms in total. The van der Waals surface area contributed by atoms with Crippen LogP contribution in [0.3, 0.4) is 0 Å². The summed E-state index contributed by atoms with van der Waals surface area (Å²) in [5, 5.41) is 2.72. The molecule has 2 aromatic rings. The minimum absolute atomic E-state index is 0.191. The third kappa shape index (κ3) is 6.30. The van der Waals surface area contributed by atoms with E-state index >= 15 is 0 Å². The molecule has 1 aromatic carbocycles. The molecule has 0 saturated heterocycles. The normalized spacial score (nSPS) is 11.0. The average Bonchev–Trinajstić information content (AvgIpc) is 2.94. The van der Waals surface area contributed by atoms with E-state index in [9.17, 15) is 14.4 Å². The van der Waals surface area contributed by atoms with Gasteiger partial charge in [-0.2, -0.15) is 0 Å². The quantitative estimate of drug-likeness (QED) is 0.601. The van der Waals surface area contributed by atoms with Crippen molar-refractivity contribution in [3.8, 4) is 16.2 Å². The molecule has 0 aliphatic carbocycles. The monoisotopic (exact) mass is 483 g/mol. The lowest BCUT2D eigenvalue weighted by molar-refractivity contribution is -0.157. The fourth-order valence-electron chi connectivity index (χ4n) is 2.38. The van der Waals surface area contributed by atoms with Gasteiger partial charge in [0.1, 0.15) is 5.60 Å². The number of hydrogen-bond donors (Lipinski definition) is 1. The largest absolute Gasteiger partial charge is 0.479 e. The summed E-state index contributed by atoms with van der Waals surface area (Å²) < 4.78 is 16.2. The molecule has 0 bridgehead atoms. The molecule has 29 heavy (non-hydrogen) atoms. The summed E-state index contributed by atoms with van der Waals surface area (Å²) in [6.07, 6.45) is 0. The molecule has 1 N–H and O–H groups in total. The van der Waals surface area contributed by atoms with Gasteiger partial charge in [0, 0.05) is 12.6 Å². The maximum Gasteiger partial charge on any atom is 0.351 e. The zero-order valence-electron chi connectivity index (χ0n) is 16.8. The SMILES string of the molecule is COC(=O)c1sc(-c2cccc(NC(C)=O)c2)c(Br)c1OCC(=O)OC(C)(C)C. The van der Waals surface area contributed by atoms with Crippen LogP contribution in [0.4, 0.5) is 5.69 Å². The Morgan fingerprint density at radius 1 is 1.21 bits per heavy atom. The molecule has 0 saturated carbocycles. The van der Waals surface area contributed by atoms with Gasteiger partial charge in [0.15, 0.2) is 17.2 Å². The fourth-order valence-corrected chi connectivity index (χ4v) is 4.35. The Hall–Kier alpha value is -2.39. The summed E-state index contributed by atoms with van der Waals surface area (Å²) >= 11 is 4.61. The van der Waals surface area contributed by atoms with Gasteiger partial charge < -0.3 is 19.5 Å². The standard InChI is InChI=1S/C20H22BrNO6S/c1-11(23)22-13-8-6-7-12(9-13)17-15(21)16(18(29-17)19(25)26-5)27-10-14(24)28-20(2,3)4/h6-9H,10H2,1-5H3,(H,22,23). The minimum Gasteiger partial charge on any atom is -0.479 e. The van der Waals surface area contributed by atoms with E-state index < -0.39 is 17.5 Å². The van der Waals surface area contributed by atoms with Gasteiger partial charge in [-0.25, -0.2) is 9.59 Å². The van der Waals surface area contributed by atoms with Crippen molar-refractivity contribution < 1.29 is 28.6 Å².